The summed E-state index contributed by atoms with van der Waals surface area (Å²) in [5.41, 5.74) is 2.21. The van der Waals surface area contributed by atoms with Crippen LogP contribution in [0.5, 0.6) is 0 Å². The van der Waals surface area contributed by atoms with Gasteiger partial charge in [0.1, 0.15) is 0 Å². The third-order valence-electron chi connectivity index (χ3n) is 3.55. The molecule has 1 amide bonds. The first-order valence-corrected chi connectivity index (χ1v) is 7.82. The number of anilines is 2. The van der Waals surface area contributed by atoms with Gasteiger partial charge >= 0.3 is 0 Å². The number of para-hydroxylation sites is 1. The summed E-state index contributed by atoms with van der Waals surface area (Å²) >= 11 is 0. The first kappa shape index (κ1) is 16.7. The van der Waals surface area contributed by atoms with Crippen molar-refractivity contribution in [2.24, 2.45) is 0 Å². The molecule has 0 unspecified atom stereocenters. The van der Waals surface area contributed by atoms with E-state index in [4.69, 9.17) is 0 Å². The molecule has 1 radical (unpaired) electrons. The van der Waals surface area contributed by atoms with Crippen LogP contribution in [0, 0.1) is 0 Å². The maximum absolute atomic E-state index is 12.6. The van der Waals surface area contributed by atoms with Crippen LogP contribution in [0.1, 0.15) is 25.3 Å². The van der Waals surface area contributed by atoms with Crippen molar-refractivity contribution in [1.29, 1.82) is 0 Å². The smallest absolute Gasteiger partial charge is 0.246 e. The highest BCUT2D eigenvalue weighted by molar-refractivity contribution is 5.96. The summed E-state index contributed by atoms with van der Waals surface area (Å²) in [6.45, 7) is 2.99. The van der Waals surface area contributed by atoms with Crippen LogP contribution in [0.3, 0.4) is 0 Å². The number of hydrogen-bond acceptors (Lipinski definition) is 3. The highest BCUT2D eigenvalue weighted by Crippen LogP contribution is 2.16. The Bertz CT molecular complexity index is 624. The molecule has 0 spiro atoms. The van der Waals surface area contributed by atoms with Gasteiger partial charge in [0.25, 0.3) is 0 Å². The van der Waals surface area contributed by atoms with E-state index in [-0.39, 0.29) is 12.5 Å². The fourth-order valence-corrected chi connectivity index (χ4v) is 2.25. The van der Waals surface area contributed by atoms with Crippen LogP contribution in [-0.2, 0) is 9.59 Å². The zero-order chi connectivity index (χ0) is 16.5. The monoisotopic (exact) mass is 309 g/mol. The summed E-state index contributed by atoms with van der Waals surface area (Å²) in [5, 5.41) is 3.14. The van der Waals surface area contributed by atoms with E-state index in [0.717, 1.165) is 24.2 Å². The molecule has 1 N–H and O–H groups in total. The topological polar surface area (TPSA) is 49.4 Å². The van der Waals surface area contributed by atoms with E-state index < -0.39 is 0 Å². The van der Waals surface area contributed by atoms with Crippen molar-refractivity contribution in [3.8, 4) is 0 Å². The van der Waals surface area contributed by atoms with E-state index in [2.05, 4.69) is 12.2 Å². The third-order valence-corrected chi connectivity index (χ3v) is 3.55. The SMILES string of the molecule is CCCCN(C(=O)CNc1ccccc1)c1ccc([C]=O)cc1. The van der Waals surface area contributed by atoms with E-state index in [0.29, 0.717) is 12.1 Å². The molecule has 2 aromatic carbocycles. The molecule has 0 aliphatic rings. The number of nitrogens with one attached hydrogen (secondary N) is 1. The Morgan fingerprint density at radius 3 is 2.39 bits per heavy atom. The molecular weight excluding hydrogens is 288 g/mol. The number of carbonyl (C=O) groups excluding carboxylic acids is 2. The Morgan fingerprint density at radius 1 is 1.09 bits per heavy atom. The van der Waals surface area contributed by atoms with E-state index in [1.54, 1.807) is 29.2 Å². The van der Waals surface area contributed by atoms with Crippen LogP contribution < -0.4 is 10.2 Å². The quantitative estimate of drug-likeness (QED) is 0.813. The van der Waals surface area contributed by atoms with Gasteiger partial charge in [0, 0.05) is 23.5 Å². The van der Waals surface area contributed by atoms with Gasteiger partial charge in [0.05, 0.1) is 6.54 Å². The van der Waals surface area contributed by atoms with E-state index in [1.165, 1.54) is 0 Å². The number of hydrogen-bond donors (Lipinski definition) is 1. The lowest BCUT2D eigenvalue weighted by Gasteiger charge is -2.23. The number of benzene rings is 2. The van der Waals surface area contributed by atoms with Crippen molar-refractivity contribution in [2.75, 3.05) is 23.3 Å². The van der Waals surface area contributed by atoms with Gasteiger partial charge in [-0.25, -0.2) is 0 Å². The molecule has 0 aliphatic heterocycles. The highest BCUT2D eigenvalue weighted by Gasteiger charge is 2.15. The molecule has 0 fully saturated rings. The van der Waals surface area contributed by atoms with Crippen LogP contribution >= 0.6 is 0 Å². The maximum Gasteiger partial charge on any atom is 0.246 e. The molecule has 0 bridgehead atoms. The summed E-state index contributed by atoms with van der Waals surface area (Å²) < 4.78 is 0. The molecular formula is C19H21N2O2. The zero-order valence-corrected chi connectivity index (χ0v) is 13.3. The van der Waals surface area contributed by atoms with Crippen molar-refractivity contribution >= 4 is 23.6 Å². The molecule has 4 nitrogen and oxygen atoms in total. The summed E-state index contributed by atoms with van der Waals surface area (Å²) in [5.74, 6) is 0.00476. The Morgan fingerprint density at radius 2 is 1.78 bits per heavy atom. The predicted octanol–water partition coefficient (Wildman–Crippen LogP) is 3.39. The summed E-state index contributed by atoms with van der Waals surface area (Å²) in [6.07, 6.45) is 3.79. The number of rotatable bonds is 8. The maximum atomic E-state index is 12.6. The Kier molecular flexibility index (Phi) is 6.36. The van der Waals surface area contributed by atoms with E-state index in [1.807, 2.05) is 36.6 Å². The van der Waals surface area contributed by atoms with E-state index in [9.17, 15) is 9.59 Å². The van der Waals surface area contributed by atoms with Gasteiger partial charge in [0.15, 0.2) is 0 Å². The van der Waals surface area contributed by atoms with Crippen LogP contribution in [0.2, 0.25) is 0 Å². The Labute approximate surface area is 137 Å². The molecule has 0 atom stereocenters. The number of nitrogens with zero attached hydrogens (tertiary/aromatic N) is 1. The first-order valence-electron chi connectivity index (χ1n) is 7.82. The van der Waals surface area contributed by atoms with Gasteiger partial charge in [0.2, 0.25) is 12.2 Å². The average molecular weight is 309 g/mol. The van der Waals surface area contributed by atoms with Crippen LogP contribution in [0.25, 0.3) is 0 Å². The summed E-state index contributed by atoms with van der Waals surface area (Å²) in [7, 11) is 0. The van der Waals surface area contributed by atoms with Crippen molar-refractivity contribution in [1.82, 2.24) is 0 Å². The van der Waals surface area contributed by atoms with Gasteiger partial charge < -0.3 is 10.2 Å². The van der Waals surface area contributed by atoms with Crippen LogP contribution in [0.15, 0.2) is 54.6 Å². The van der Waals surface area contributed by atoms with Crippen molar-refractivity contribution < 1.29 is 9.59 Å². The minimum absolute atomic E-state index is 0.00476. The summed E-state index contributed by atoms with van der Waals surface area (Å²) in [4.78, 5) is 25.0. The largest absolute Gasteiger partial charge is 0.376 e. The van der Waals surface area contributed by atoms with Gasteiger partial charge in [-0.2, -0.15) is 0 Å². The minimum atomic E-state index is 0.00476. The molecule has 0 aliphatic carbocycles. The highest BCUT2D eigenvalue weighted by atomic mass is 16.2. The lowest BCUT2D eigenvalue weighted by Crippen LogP contribution is -2.36. The van der Waals surface area contributed by atoms with Gasteiger partial charge in [-0.15, -0.1) is 0 Å². The molecule has 0 heterocycles. The van der Waals surface area contributed by atoms with Crippen molar-refractivity contribution in [3.63, 3.8) is 0 Å². The lowest BCUT2D eigenvalue weighted by atomic mass is 10.2. The van der Waals surface area contributed by atoms with Crippen molar-refractivity contribution in [3.05, 3.63) is 60.2 Å². The first-order chi connectivity index (χ1) is 11.2. The molecule has 23 heavy (non-hydrogen) atoms. The van der Waals surface area contributed by atoms with Gasteiger partial charge in [-0.3, -0.25) is 9.59 Å². The minimum Gasteiger partial charge on any atom is -0.376 e. The predicted molar refractivity (Wildman–Crippen MR) is 93.4 cm³/mol. The second-order valence-corrected chi connectivity index (χ2v) is 5.27. The molecule has 0 aromatic heterocycles. The normalized spacial score (nSPS) is 10.1. The van der Waals surface area contributed by atoms with Crippen LogP contribution in [-0.4, -0.2) is 25.3 Å². The molecule has 2 rings (SSSR count). The van der Waals surface area contributed by atoms with Crippen molar-refractivity contribution in [2.45, 2.75) is 19.8 Å². The second kappa shape index (κ2) is 8.73. The Balaban J connectivity index is 2.06. The van der Waals surface area contributed by atoms with Gasteiger partial charge in [-0.05, 0) is 42.8 Å². The Hall–Kier alpha value is -2.62. The second-order valence-electron chi connectivity index (χ2n) is 5.27. The molecule has 119 valence electrons. The average Bonchev–Trinajstić information content (AvgIpc) is 2.61. The third kappa shape index (κ3) is 4.95. The number of carbonyl (C=O) groups is 1. The van der Waals surface area contributed by atoms with Crippen LogP contribution in [0.4, 0.5) is 11.4 Å². The fraction of sp³-hybridized carbons (Fsp3) is 0.263. The standard InChI is InChI=1S/C19H21N2O2/c1-2-3-13-21(18-11-9-16(15-22)10-12-18)19(23)14-20-17-7-5-4-6-8-17/h4-12,20H,2-3,13-14H2,1H3. The lowest BCUT2D eigenvalue weighted by molar-refractivity contribution is -0.117. The zero-order valence-electron chi connectivity index (χ0n) is 13.3. The van der Waals surface area contributed by atoms with Gasteiger partial charge in [-0.1, -0.05) is 31.5 Å². The molecule has 2 aromatic rings. The molecule has 0 saturated heterocycles. The number of unbranched alkanes of at least 4 members (excludes halogenated alkanes) is 1. The van der Waals surface area contributed by atoms with E-state index >= 15 is 0 Å². The number of amides is 1. The molecule has 0 saturated carbocycles. The fourth-order valence-electron chi connectivity index (χ4n) is 2.25. The molecule has 4 heteroatoms. The summed E-state index contributed by atoms with van der Waals surface area (Å²) in [6, 6.07) is 16.6.